The van der Waals surface area contributed by atoms with E-state index in [1.807, 2.05) is 4.72 Å². The fourth-order valence-corrected chi connectivity index (χ4v) is 4.01. The summed E-state index contributed by atoms with van der Waals surface area (Å²) in [4.78, 5) is 14.3. The Kier molecular flexibility index (Phi) is 6.60. The van der Waals surface area contributed by atoms with Crippen LogP contribution in [0.1, 0.15) is 23.1 Å². The van der Waals surface area contributed by atoms with Crippen molar-refractivity contribution in [2.45, 2.75) is 31.0 Å². The van der Waals surface area contributed by atoms with Gasteiger partial charge < -0.3 is 10.3 Å². The van der Waals surface area contributed by atoms with Crippen LogP contribution in [0.3, 0.4) is 0 Å². The maximum atomic E-state index is 13.4. The van der Waals surface area contributed by atoms with Gasteiger partial charge in [-0.15, -0.1) is 0 Å². The normalized spacial score (nSPS) is 13.4. The van der Waals surface area contributed by atoms with Gasteiger partial charge in [-0.3, -0.25) is 4.79 Å². The number of hydrogen-bond acceptors (Lipinski definition) is 3. The number of carbonyl (C=O) groups excluding carboxylic acids is 1. The van der Waals surface area contributed by atoms with E-state index in [-0.39, 0.29) is 23.5 Å². The largest absolute Gasteiger partial charge is 0.353 e. The lowest BCUT2D eigenvalue weighted by Crippen LogP contribution is -2.36. The van der Waals surface area contributed by atoms with Crippen LogP contribution in [0, 0.1) is 25.0 Å². The van der Waals surface area contributed by atoms with Crippen LogP contribution in [-0.2, 0) is 10.0 Å². The third-order valence-corrected chi connectivity index (χ3v) is 5.48. The van der Waals surface area contributed by atoms with Gasteiger partial charge in [-0.1, -0.05) is 24.6 Å². The average Bonchev–Trinajstić information content (AvgIpc) is 2.93. The minimum Gasteiger partial charge on any atom is -0.353 e. The molecule has 0 radical (unpaired) electrons. The molecular formula is C16H14ClF5N3O3S-. The molecule has 0 fully saturated rings. The number of hydrogen-bond donors (Lipinski definition) is 3. The Balaban J connectivity index is 2.22. The van der Waals surface area contributed by atoms with Gasteiger partial charge in [-0.25, -0.2) is 41.5 Å². The Hall–Kier alpha value is -2.18. The number of aromatic nitrogens is 1. The first-order chi connectivity index (χ1) is 13.2. The zero-order valence-corrected chi connectivity index (χ0v) is 16.4. The van der Waals surface area contributed by atoms with Crippen molar-refractivity contribution in [2.75, 3.05) is 5.32 Å². The highest BCUT2D eigenvalue weighted by atomic mass is 35.5. The molecular weight excluding hydrogens is 445 g/mol. The van der Waals surface area contributed by atoms with Gasteiger partial charge >= 0.3 is 0 Å². The lowest BCUT2D eigenvalue weighted by Gasteiger charge is -2.25. The lowest BCUT2D eigenvalue weighted by molar-refractivity contribution is -0.0997. The number of aromatic amines is 1. The van der Waals surface area contributed by atoms with Gasteiger partial charge in [0.25, 0.3) is 12.1 Å². The topological polar surface area (TPSA) is 91.1 Å². The Morgan fingerprint density at radius 1 is 1.24 bits per heavy atom. The number of aryl methyl sites for hydroxylation is 1. The van der Waals surface area contributed by atoms with E-state index in [9.17, 15) is 35.2 Å². The van der Waals surface area contributed by atoms with E-state index >= 15 is 0 Å². The number of alkyl halides is 3. The lowest BCUT2D eigenvalue weighted by atomic mass is 10.2. The van der Waals surface area contributed by atoms with Crippen molar-refractivity contribution in [3.05, 3.63) is 52.7 Å². The van der Waals surface area contributed by atoms with E-state index < -0.39 is 49.7 Å². The van der Waals surface area contributed by atoms with Crippen molar-refractivity contribution >= 4 is 33.2 Å². The highest BCUT2D eigenvalue weighted by Crippen LogP contribution is 2.25. The Morgan fingerprint density at radius 3 is 2.41 bits per heavy atom. The summed E-state index contributed by atoms with van der Waals surface area (Å²) in [6.45, 7) is 2.28. The molecule has 0 saturated carbocycles. The molecule has 13 heteroatoms. The van der Waals surface area contributed by atoms with Crippen LogP contribution >= 0.6 is 11.6 Å². The number of anilines is 1. The smallest absolute Gasteiger partial charge is 0.272 e. The molecule has 1 atom stereocenters. The minimum absolute atomic E-state index is 0.0230. The van der Waals surface area contributed by atoms with E-state index in [4.69, 9.17) is 11.6 Å². The van der Waals surface area contributed by atoms with E-state index in [2.05, 4.69) is 10.3 Å². The van der Waals surface area contributed by atoms with Crippen LogP contribution in [0.4, 0.5) is 27.6 Å². The molecule has 2 rings (SSSR count). The number of sulfonamides is 1. The molecule has 0 spiro atoms. The summed E-state index contributed by atoms with van der Waals surface area (Å²) in [5, 5.41) is 1.62. The first-order valence-corrected chi connectivity index (χ1v) is 9.66. The maximum absolute atomic E-state index is 13.4. The van der Waals surface area contributed by atoms with Crippen LogP contribution in [0.5, 0.6) is 0 Å². The van der Waals surface area contributed by atoms with Crippen molar-refractivity contribution < 1.29 is 35.2 Å². The Bertz CT molecular complexity index is 1010. The van der Waals surface area contributed by atoms with Crippen molar-refractivity contribution in [3.8, 4) is 0 Å². The molecule has 6 nitrogen and oxygen atoms in total. The first kappa shape index (κ1) is 23.1. The summed E-state index contributed by atoms with van der Waals surface area (Å²) < 4.78 is 90.1. The maximum Gasteiger partial charge on any atom is 0.272 e. The molecule has 3 N–H and O–H groups in total. The van der Waals surface area contributed by atoms with Crippen molar-refractivity contribution in [1.29, 1.82) is 0 Å². The third-order valence-electron chi connectivity index (χ3n) is 3.52. The molecule has 0 aliphatic heterocycles. The van der Waals surface area contributed by atoms with Gasteiger partial charge in [0, 0.05) is 17.4 Å². The van der Waals surface area contributed by atoms with Crippen molar-refractivity contribution in [2.24, 2.45) is 0 Å². The zero-order valence-electron chi connectivity index (χ0n) is 14.8. The van der Waals surface area contributed by atoms with Crippen LogP contribution in [0.15, 0.2) is 23.1 Å². The number of amides is 1. The monoisotopic (exact) mass is 458 g/mol. The van der Waals surface area contributed by atoms with Gasteiger partial charge in [0.05, 0.1) is 5.02 Å². The number of carbonyl (C=O) groups is 1. The van der Waals surface area contributed by atoms with Crippen molar-refractivity contribution in [3.63, 3.8) is 0 Å². The average molecular weight is 459 g/mol. The number of H-pyrrole nitrogens is 1. The predicted molar refractivity (Wildman–Crippen MR) is 95.0 cm³/mol. The summed E-state index contributed by atoms with van der Waals surface area (Å²) in [7, 11) is -4.39. The fraction of sp³-hybridized carbons (Fsp3) is 0.250. The number of rotatable bonds is 6. The van der Waals surface area contributed by atoms with Gasteiger partial charge in [0.1, 0.15) is 10.6 Å². The van der Waals surface area contributed by atoms with Gasteiger partial charge in [0.15, 0.2) is 11.6 Å². The summed E-state index contributed by atoms with van der Waals surface area (Å²) in [5.41, 5.74) is -0.497. The van der Waals surface area contributed by atoms with Crippen molar-refractivity contribution in [1.82, 2.24) is 9.71 Å². The van der Waals surface area contributed by atoms with Crippen LogP contribution in [0.25, 0.3) is 0 Å². The molecule has 0 saturated heterocycles. The predicted octanol–water partition coefficient (Wildman–Crippen LogP) is 3.94. The first-order valence-electron chi connectivity index (χ1n) is 7.80. The minimum atomic E-state index is -4.69. The standard InChI is InChI=1S/C16H14ClF5N3O3S/c1-7(6-16(20,21)22)25-29(27,28)13-5-12(23-8(13)2)15(26)24-9-3-10(17)14(19)11(18)4-9/h3-7,23,25H,1-2H3,(H,24,26)/q-1/t7-/m1/s1. The molecule has 0 aliphatic carbocycles. The summed E-state index contributed by atoms with van der Waals surface area (Å²) in [5.74, 6) is -3.52. The highest BCUT2D eigenvalue weighted by molar-refractivity contribution is 7.89. The molecule has 0 bridgehead atoms. The molecule has 1 aromatic carbocycles. The molecule has 29 heavy (non-hydrogen) atoms. The number of benzene rings is 1. The molecule has 160 valence electrons. The highest BCUT2D eigenvalue weighted by Gasteiger charge is 2.25. The Morgan fingerprint density at radius 2 is 1.86 bits per heavy atom. The summed E-state index contributed by atoms with van der Waals surface area (Å²) >= 11 is 5.49. The van der Waals surface area contributed by atoms with Crippen LogP contribution in [0.2, 0.25) is 5.02 Å². The van der Waals surface area contributed by atoms with Crippen LogP contribution in [-0.4, -0.2) is 31.5 Å². The van der Waals surface area contributed by atoms with E-state index in [1.165, 1.54) is 6.92 Å². The number of nitrogens with one attached hydrogen (secondary N) is 3. The quantitative estimate of drug-likeness (QED) is 0.348. The van der Waals surface area contributed by atoms with Gasteiger partial charge in [-0.2, -0.15) is 0 Å². The second-order valence-electron chi connectivity index (χ2n) is 6.00. The summed E-state index contributed by atoms with van der Waals surface area (Å²) in [6.07, 6.45) is -4.83. The van der Waals surface area contributed by atoms with Gasteiger partial charge in [-0.05, 0) is 19.1 Å². The van der Waals surface area contributed by atoms with E-state index in [0.717, 1.165) is 19.1 Å². The van der Waals surface area contributed by atoms with E-state index in [0.29, 0.717) is 6.07 Å². The molecule has 1 heterocycles. The second kappa shape index (κ2) is 8.28. The molecule has 1 aromatic heterocycles. The fourth-order valence-electron chi connectivity index (χ4n) is 2.39. The van der Waals surface area contributed by atoms with Gasteiger partial charge in [0.2, 0.25) is 10.0 Å². The van der Waals surface area contributed by atoms with E-state index in [1.54, 1.807) is 0 Å². The molecule has 0 unspecified atom stereocenters. The summed E-state index contributed by atoms with van der Waals surface area (Å²) in [6, 6.07) is 0.954. The zero-order chi connectivity index (χ0) is 22.1. The molecule has 0 aliphatic rings. The molecule has 2 aromatic rings. The Labute approximate surface area is 167 Å². The SMILES string of the molecule is Cc1[nH]c(C(=O)Nc2cc(F)c(F)c(Cl)c2)cc1S(=O)(=O)N[C@H](C)[CH-]C(F)(F)F. The third kappa shape index (κ3) is 5.90. The van der Waals surface area contributed by atoms with Crippen LogP contribution < -0.4 is 10.0 Å². The number of halogens is 6. The second-order valence-corrected chi connectivity index (χ2v) is 8.09. The molecule has 1 amide bonds.